The SMILES string of the molecule is C=C(CC)CN1CCC(C)=C(Br)C1. The molecule has 0 bridgehead atoms. The highest BCUT2D eigenvalue weighted by atomic mass is 79.9. The number of nitrogens with zero attached hydrogens (tertiary/aromatic N) is 1. The second-order valence-electron chi connectivity index (χ2n) is 3.75. The molecular formula is C11H18BrN. The molecule has 74 valence electrons. The van der Waals surface area contributed by atoms with Gasteiger partial charge < -0.3 is 0 Å². The Morgan fingerprint density at radius 3 is 2.85 bits per heavy atom. The first-order valence-corrected chi connectivity index (χ1v) is 5.66. The van der Waals surface area contributed by atoms with Crippen LogP contribution in [0.5, 0.6) is 0 Å². The van der Waals surface area contributed by atoms with E-state index >= 15 is 0 Å². The first-order chi connectivity index (χ1) is 6.13. The Morgan fingerprint density at radius 2 is 2.31 bits per heavy atom. The van der Waals surface area contributed by atoms with Gasteiger partial charge in [-0.05, 0) is 19.8 Å². The van der Waals surface area contributed by atoms with Gasteiger partial charge in [0, 0.05) is 24.1 Å². The summed E-state index contributed by atoms with van der Waals surface area (Å²) in [4.78, 5) is 2.45. The molecule has 0 N–H and O–H groups in total. The summed E-state index contributed by atoms with van der Waals surface area (Å²) in [5.41, 5.74) is 2.83. The molecule has 0 radical (unpaired) electrons. The van der Waals surface area contributed by atoms with Crippen LogP contribution in [0.3, 0.4) is 0 Å². The molecule has 0 aromatic carbocycles. The molecule has 0 amide bonds. The predicted molar refractivity (Wildman–Crippen MR) is 62.1 cm³/mol. The van der Waals surface area contributed by atoms with Gasteiger partial charge in [-0.1, -0.05) is 40.6 Å². The number of hydrogen-bond acceptors (Lipinski definition) is 1. The van der Waals surface area contributed by atoms with Gasteiger partial charge in [0.05, 0.1) is 0 Å². The Hall–Kier alpha value is -0.0800. The van der Waals surface area contributed by atoms with Gasteiger partial charge >= 0.3 is 0 Å². The number of halogens is 1. The Bertz CT molecular complexity index is 230. The Morgan fingerprint density at radius 1 is 1.62 bits per heavy atom. The minimum Gasteiger partial charge on any atom is -0.294 e. The predicted octanol–water partition coefficient (Wildman–Crippen LogP) is 3.33. The summed E-state index contributed by atoms with van der Waals surface area (Å²) in [6, 6.07) is 0. The maximum absolute atomic E-state index is 4.04. The fraction of sp³-hybridized carbons (Fsp3) is 0.636. The van der Waals surface area contributed by atoms with E-state index in [2.05, 4.69) is 41.3 Å². The van der Waals surface area contributed by atoms with Crippen LogP contribution >= 0.6 is 15.9 Å². The largest absolute Gasteiger partial charge is 0.294 e. The van der Waals surface area contributed by atoms with Crippen LogP contribution in [0.25, 0.3) is 0 Å². The van der Waals surface area contributed by atoms with E-state index in [1.54, 1.807) is 0 Å². The minimum absolute atomic E-state index is 1.05. The van der Waals surface area contributed by atoms with Crippen molar-refractivity contribution in [2.24, 2.45) is 0 Å². The van der Waals surface area contributed by atoms with Crippen molar-refractivity contribution in [1.29, 1.82) is 0 Å². The first-order valence-electron chi connectivity index (χ1n) is 4.86. The van der Waals surface area contributed by atoms with E-state index in [1.165, 1.54) is 28.6 Å². The highest BCUT2D eigenvalue weighted by Gasteiger charge is 2.14. The summed E-state index contributed by atoms with van der Waals surface area (Å²) in [5.74, 6) is 0. The topological polar surface area (TPSA) is 3.24 Å². The molecule has 0 aliphatic carbocycles. The molecule has 1 nitrogen and oxygen atoms in total. The van der Waals surface area contributed by atoms with Gasteiger partial charge in [-0.3, -0.25) is 4.90 Å². The summed E-state index contributed by atoms with van der Waals surface area (Å²) in [7, 11) is 0. The van der Waals surface area contributed by atoms with Crippen molar-refractivity contribution in [2.75, 3.05) is 19.6 Å². The van der Waals surface area contributed by atoms with E-state index in [4.69, 9.17) is 0 Å². The molecule has 0 atom stereocenters. The zero-order chi connectivity index (χ0) is 9.84. The van der Waals surface area contributed by atoms with E-state index < -0.39 is 0 Å². The Balaban J connectivity index is 2.44. The van der Waals surface area contributed by atoms with Crippen molar-refractivity contribution in [2.45, 2.75) is 26.7 Å². The van der Waals surface area contributed by atoms with Crippen LogP contribution in [0.2, 0.25) is 0 Å². The van der Waals surface area contributed by atoms with Crippen LogP contribution in [0, 0.1) is 0 Å². The lowest BCUT2D eigenvalue weighted by Crippen LogP contribution is -2.31. The highest BCUT2D eigenvalue weighted by molar-refractivity contribution is 9.11. The molecule has 1 rings (SSSR count). The zero-order valence-corrected chi connectivity index (χ0v) is 10.2. The second-order valence-corrected chi connectivity index (χ2v) is 4.71. The van der Waals surface area contributed by atoms with Crippen LogP contribution in [-0.2, 0) is 0 Å². The van der Waals surface area contributed by atoms with Gasteiger partial charge in [0.1, 0.15) is 0 Å². The smallest absolute Gasteiger partial charge is 0.0302 e. The lowest BCUT2D eigenvalue weighted by Gasteiger charge is -2.28. The standard InChI is InChI=1S/C11H18BrN/c1-4-9(2)7-13-6-5-10(3)11(12)8-13/h2,4-8H2,1,3H3. The molecule has 13 heavy (non-hydrogen) atoms. The average Bonchev–Trinajstić information content (AvgIpc) is 2.11. The second kappa shape index (κ2) is 4.97. The minimum atomic E-state index is 1.05. The maximum atomic E-state index is 4.04. The molecule has 1 aliphatic heterocycles. The molecule has 2 heteroatoms. The van der Waals surface area contributed by atoms with E-state index in [1.807, 2.05) is 0 Å². The van der Waals surface area contributed by atoms with Crippen LogP contribution in [0.4, 0.5) is 0 Å². The third-order valence-electron chi connectivity index (χ3n) is 2.58. The Kier molecular flexibility index (Phi) is 4.20. The Labute approximate surface area is 89.6 Å². The first kappa shape index (κ1) is 11.0. The van der Waals surface area contributed by atoms with Crippen molar-refractivity contribution in [3.05, 3.63) is 22.2 Å². The quantitative estimate of drug-likeness (QED) is 0.688. The van der Waals surface area contributed by atoms with Crippen molar-refractivity contribution in [1.82, 2.24) is 4.90 Å². The molecule has 0 spiro atoms. The summed E-state index contributed by atoms with van der Waals surface area (Å²) in [6.07, 6.45) is 2.29. The summed E-state index contributed by atoms with van der Waals surface area (Å²) in [6.45, 7) is 11.7. The molecule has 0 saturated carbocycles. The van der Waals surface area contributed by atoms with Crippen molar-refractivity contribution in [3.8, 4) is 0 Å². The third kappa shape index (κ3) is 3.28. The van der Waals surface area contributed by atoms with Crippen molar-refractivity contribution < 1.29 is 0 Å². The lowest BCUT2D eigenvalue weighted by atomic mass is 10.1. The maximum Gasteiger partial charge on any atom is 0.0302 e. The van der Waals surface area contributed by atoms with Gasteiger partial charge in [0.2, 0.25) is 0 Å². The van der Waals surface area contributed by atoms with Crippen LogP contribution < -0.4 is 0 Å². The van der Waals surface area contributed by atoms with Gasteiger partial charge in [0.25, 0.3) is 0 Å². The molecule has 0 aromatic heterocycles. The molecule has 0 fully saturated rings. The molecule has 1 heterocycles. The van der Waals surface area contributed by atoms with Gasteiger partial charge in [-0.25, -0.2) is 0 Å². The lowest BCUT2D eigenvalue weighted by molar-refractivity contribution is 0.314. The highest BCUT2D eigenvalue weighted by Crippen LogP contribution is 2.22. The average molecular weight is 244 g/mol. The molecule has 1 aliphatic rings. The normalized spacial score (nSPS) is 19.3. The molecular weight excluding hydrogens is 226 g/mol. The molecule has 0 aromatic rings. The summed E-state index contributed by atoms with van der Waals surface area (Å²) in [5, 5.41) is 0. The summed E-state index contributed by atoms with van der Waals surface area (Å²) >= 11 is 3.61. The van der Waals surface area contributed by atoms with Crippen LogP contribution in [-0.4, -0.2) is 24.5 Å². The third-order valence-corrected chi connectivity index (χ3v) is 3.50. The number of hydrogen-bond donors (Lipinski definition) is 0. The monoisotopic (exact) mass is 243 g/mol. The van der Waals surface area contributed by atoms with Crippen LogP contribution in [0.1, 0.15) is 26.7 Å². The van der Waals surface area contributed by atoms with Gasteiger partial charge in [0.15, 0.2) is 0 Å². The van der Waals surface area contributed by atoms with Gasteiger partial charge in [-0.15, -0.1) is 0 Å². The zero-order valence-electron chi connectivity index (χ0n) is 8.57. The van der Waals surface area contributed by atoms with E-state index in [-0.39, 0.29) is 0 Å². The summed E-state index contributed by atoms with van der Waals surface area (Å²) < 4.78 is 1.36. The van der Waals surface area contributed by atoms with E-state index in [9.17, 15) is 0 Å². The van der Waals surface area contributed by atoms with Crippen LogP contribution in [0.15, 0.2) is 22.2 Å². The van der Waals surface area contributed by atoms with Crippen molar-refractivity contribution in [3.63, 3.8) is 0 Å². The molecule has 0 unspecified atom stereocenters. The fourth-order valence-corrected chi connectivity index (χ4v) is 1.99. The van der Waals surface area contributed by atoms with E-state index in [0.29, 0.717) is 0 Å². The fourth-order valence-electron chi connectivity index (χ4n) is 1.43. The molecule has 0 saturated heterocycles. The van der Waals surface area contributed by atoms with E-state index in [0.717, 1.165) is 19.5 Å². The van der Waals surface area contributed by atoms with Crippen molar-refractivity contribution >= 4 is 15.9 Å². The van der Waals surface area contributed by atoms with Gasteiger partial charge in [-0.2, -0.15) is 0 Å². The number of rotatable bonds is 3.